The molecule has 0 radical (unpaired) electrons. The highest BCUT2D eigenvalue weighted by atomic mass is 19.2. The molecule has 0 aliphatic rings. The lowest BCUT2D eigenvalue weighted by Crippen LogP contribution is -2.21. The van der Waals surface area contributed by atoms with Crippen LogP contribution >= 0.6 is 0 Å². The summed E-state index contributed by atoms with van der Waals surface area (Å²) >= 11 is 0. The summed E-state index contributed by atoms with van der Waals surface area (Å²) in [6.45, 7) is 0.747. The van der Waals surface area contributed by atoms with Crippen molar-refractivity contribution in [2.45, 2.75) is 6.92 Å². The number of pyridine rings is 1. The minimum Gasteiger partial charge on any atom is -0.452 e. The Bertz CT molecular complexity index is 1060. The summed E-state index contributed by atoms with van der Waals surface area (Å²) in [5, 5.41) is 2.30. The molecule has 0 spiro atoms. The molecule has 0 aliphatic heterocycles. The van der Waals surface area contributed by atoms with Crippen molar-refractivity contribution < 1.29 is 27.9 Å². The van der Waals surface area contributed by atoms with E-state index in [0.29, 0.717) is 11.2 Å². The lowest BCUT2D eigenvalue weighted by Gasteiger charge is -2.07. The number of ether oxygens (including phenoxy) is 1. The molecule has 3 aromatic rings. The first-order valence-corrected chi connectivity index (χ1v) is 7.90. The number of halogens is 2. The summed E-state index contributed by atoms with van der Waals surface area (Å²) in [6.07, 6.45) is 1.64. The Kier molecular flexibility index (Phi) is 4.98. The zero-order valence-electron chi connectivity index (χ0n) is 14.2. The van der Waals surface area contributed by atoms with Crippen LogP contribution in [0.2, 0.25) is 0 Å². The predicted molar refractivity (Wildman–Crippen MR) is 92.7 cm³/mol. The van der Waals surface area contributed by atoms with Crippen molar-refractivity contribution in [1.82, 2.24) is 4.40 Å². The fraction of sp³-hybridized carbons (Fsp3) is 0.105. The number of hydrogen-bond acceptors (Lipinski definition) is 4. The SMILES string of the molecule is CC(=O)c1cc(C(=O)OCC(=O)Nc2ccc(F)c(F)c2)c2ccccn12. The second-order valence-corrected chi connectivity index (χ2v) is 5.71. The van der Waals surface area contributed by atoms with Gasteiger partial charge < -0.3 is 14.5 Å². The summed E-state index contributed by atoms with van der Waals surface area (Å²) in [5.41, 5.74) is 0.946. The van der Waals surface area contributed by atoms with Gasteiger partial charge in [0.05, 0.1) is 16.8 Å². The second kappa shape index (κ2) is 7.36. The molecule has 27 heavy (non-hydrogen) atoms. The fourth-order valence-electron chi connectivity index (χ4n) is 2.57. The molecular weight excluding hydrogens is 358 g/mol. The number of esters is 1. The van der Waals surface area contributed by atoms with Gasteiger partial charge in [0.15, 0.2) is 24.0 Å². The number of carbonyl (C=O) groups is 3. The Labute approximate surface area is 152 Å². The highest BCUT2D eigenvalue weighted by Gasteiger charge is 2.19. The normalized spacial score (nSPS) is 10.6. The molecule has 3 rings (SSSR count). The van der Waals surface area contributed by atoms with Crippen molar-refractivity contribution in [3.63, 3.8) is 0 Å². The van der Waals surface area contributed by atoms with E-state index in [2.05, 4.69) is 5.32 Å². The van der Waals surface area contributed by atoms with Crippen LogP contribution in [0.25, 0.3) is 5.52 Å². The van der Waals surface area contributed by atoms with Crippen LogP contribution in [0, 0.1) is 11.6 Å². The van der Waals surface area contributed by atoms with E-state index < -0.39 is 30.1 Å². The van der Waals surface area contributed by atoms with E-state index in [1.807, 2.05) is 0 Å². The van der Waals surface area contributed by atoms with E-state index in [0.717, 1.165) is 12.1 Å². The number of aromatic nitrogens is 1. The Morgan fingerprint density at radius 1 is 1.07 bits per heavy atom. The van der Waals surface area contributed by atoms with Gasteiger partial charge in [-0.1, -0.05) is 6.07 Å². The van der Waals surface area contributed by atoms with Crippen molar-refractivity contribution in [3.8, 4) is 0 Å². The van der Waals surface area contributed by atoms with Crippen LogP contribution in [0.3, 0.4) is 0 Å². The summed E-state index contributed by atoms with van der Waals surface area (Å²) < 4.78 is 32.6. The van der Waals surface area contributed by atoms with Crippen LogP contribution in [-0.4, -0.2) is 28.7 Å². The van der Waals surface area contributed by atoms with Crippen molar-refractivity contribution in [3.05, 3.63) is 71.6 Å². The molecule has 0 atom stereocenters. The molecule has 0 unspecified atom stereocenters. The van der Waals surface area contributed by atoms with Crippen LogP contribution in [0.15, 0.2) is 48.7 Å². The van der Waals surface area contributed by atoms with Crippen LogP contribution in [0.5, 0.6) is 0 Å². The molecule has 8 heteroatoms. The van der Waals surface area contributed by atoms with Gasteiger partial charge in [0.1, 0.15) is 0 Å². The van der Waals surface area contributed by atoms with Crippen LogP contribution in [0.4, 0.5) is 14.5 Å². The van der Waals surface area contributed by atoms with E-state index in [1.54, 1.807) is 28.8 Å². The first kappa shape index (κ1) is 18.2. The van der Waals surface area contributed by atoms with Crippen LogP contribution < -0.4 is 5.32 Å². The number of nitrogens with one attached hydrogen (secondary N) is 1. The van der Waals surface area contributed by atoms with Crippen molar-refractivity contribution in [2.75, 3.05) is 11.9 Å². The standard InChI is InChI=1S/C19H14F2N2O4/c1-11(24)17-9-13(16-4-2-3-7-23(16)17)19(26)27-10-18(25)22-12-5-6-14(20)15(21)8-12/h2-9H,10H2,1H3,(H,22,25). The van der Waals surface area contributed by atoms with Gasteiger partial charge in [-0.15, -0.1) is 0 Å². The molecule has 2 heterocycles. The van der Waals surface area contributed by atoms with Gasteiger partial charge in [0.2, 0.25) is 0 Å². The van der Waals surface area contributed by atoms with E-state index in [1.165, 1.54) is 19.1 Å². The number of nitrogens with zero attached hydrogens (tertiary/aromatic N) is 1. The molecule has 1 amide bonds. The van der Waals surface area contributed by atoms with Crippen molar-refractivity contribution >= 4 is 28.9 Å². The Hall–Kier alpha value is -3.55. The summed E-state index contributed by atoms with van der Waals surface area (Å²) in [7, 11) is 0. The van der Waals surface area contributed by atoms with Crippen LogP contribution in [0.1, 0.15) is 27.8 Å². The minimum atomic E-state index is -1.11. The summed E-state index contributed by atoms with van der Waals surface area (Å²) in [6, 6.07) is 9.31. The number of Topliss-reactive ketones (excluding diaryl/α,β-unsaturated/α-hetero) is 1. The Morgan fingerprint density at radius 3 is 2.56 bits per heavy atom. The molecule has 138 valence electrons. The molecule has 0 aliphatic carbocycles. The molecule has 2 aromatic heterocycles. The zero-order chi connectivity index (χ0) is 19.6. The third-order valence-electron chi connectivity index (χ3n) is 3.79. The second-order valence-electron chi connectivity index (χ2n) is 5.71. The maximum absolute atomic E-state index is 13.1. The number of hydrogen-bond donors (Lipinski definition) is 1. The molecule has 0 saturated carbocycles. The monoisotopic (exact) mass is 372 g/mol. The smallest absolute Gasteiger partial charge is 0.340 e. The number of amides is 1. The van der Waals surface area contributed by atoms with E-state index in [-0.39, 0.29) is 17.0 Å². The molecular formula is C19H14F2N2O4. The van der Waals surface area contributed by atoms with E-state index >= 15 is 0 Å². The number of benzene rings is 1. The van der Waals surface area contributed by atoms with Gasteiger partial charge in [0.25, 0.3) is 5.91 Å². The zero-order valence-corrected chi connectivity index (χ0v) is 14.2. The lowest BCUT2D eigenvalue weighted by atomic mass is 10.2. The lowest BCUT2D eigenvalue weighted by molar-refractivity contribution is -0.119. The fourth-order valence-corrected chi connectivity index (χ4v) is 2.57. The third-order valence-corrected chi connectivity index (χ3v) is 3.79. The van der Waals surface area contributed by atoms with E-state index in [4.69, 9.17) is 4.74 Å². The van der Waals surface area contributed by atoms with Crippen LogP contribution in [-0.2, 0) is 9.53 Å². The first-order valence-electron chi connectivity index (χ1n) is 7.90. The van der Waals surface area contributed by atoms with Gasteiger partial charge in [-0.25, -0.2) is 13.6 Å². The maximum Gasteiger partial charge on any atom is 0.340 e. The average molecular weight is 372 g/mol. The Balaban J connectivity index is 1.70. The third kappa shape index (κ3) is 3.84. The number of fused-ring (bicyclic) bond motifs is 1. The van der Waals surface area contributed by atoms with Gasteiger partial charge >= 0.3 is 5.97 Å². The van der Waals surface area contributed by atoms with Crippen molar-refractivity contribution in [1.29, 1.82) is 0 Å². The number of rotatable bonds is 5. The average Bonchev–Trinajstić information content (AvgIpc) is 3.03. The molecule has 6 nitrogen and oxygen atoms in total. The number of anilines is 1. The maximum atomic E-state index is 13.1. The predicted octanol–water partition coefficient (Wildman–Crippen LogP) is 3.22. The molecule has 0 saturated heterocycles. The minimum absolute atomic E-state index is 0.0307. The Morgan fingerprint density at radius 2 is 1.85 bits per heavy atom. The van der Waals surface area contributed by atoms with Gasteiger partial charge in [0, 0.05) is 24.9 Å². The molecule has 0 fully saturated rings. The quantitative estimate of drug-likeness (QED) is 0.551. The topological polar surface area (TPSA) is 76.9 Å². The number of ketones is 1. The van der Waals surface area contributed by atoms with Gasteiger partial charge in [-0.3, -0.25) is 9.59 Å². The van der Waals surface area contributed by atoms with Gasteiger partial charge in [-0.2, -0.15) is 0 Å². The molecule has 0 bridgehead atoms. The molecule has 1 aromatic carbocycles. The number of carbonyl (C=O) groups excluding carboxylic acids is 3. The highest BCUT2D eigenvalue weighted by Crippen LogP contribution is 2.19. The summed E-state index contributed by atoms with van der Waals surface area (Å²) in [4.78, 5) is 35.9. The highest BCUT2D eigenvalue weighted by molar-refractivity contribution is 6.04. The van der Waals surface area contributed by atoms with Crippen molar-refractivity contribution in [2.24, 2.45) is 0 Å². The summed E-state index contributed by atoms with van der Waals surface area (Å²) in [5.74, 6) is -3.88. The van der Waals surface area contributed by atoms with Gasteiger partial charge in [-0.05, 0) is 30.3 Å². The first-order chi connectivity index (χ1) is 12.9. The molecule has 1 N–H and O–H groups in total. The largest absolute Gasteiger partial charge is 0.452 e. The van der Waals surface area contributed by atoms with E-state index in [9.17, 15) is 23.2 Å².